The molecule has 102 valence electrons. The van der Waals surface area contributed by atoms with Crippen molar-refractivity contribution >= 4 is 11.4 Å². The maximum absolute atomic E-state index is 13.9. The number of hydrogen-bond acceptors (Lipinski definition) is 4. The second-order valence-electron chi connectivity index (χ2n) is 4.18. The molecule has 5 nitrogen and oxygen atoms in total. The molecule has 1 aromatic carbocycles. The van der Waals surface area contributed by atoms with Gasteiger partial charge in [-0.05, 0) is 19.9 Å². The van der Waals surface area contributed by atoms with Gasteiger partial charge < -0.3 is 4.90 Å². The molecule has 0 spiro atoms. The van der Waals surface area contributed by atoms with Gasteiger partial charge in [-0.15, -0.1) is 0 Å². The zero-order valence-electron chi connectivity index (χ0n) is 10.6. The lowest BCUT2D eigenvalue weighted by atomic mass is 10.1. The summed E-state index contributed by atoms with van der Waals surface area (Å²) >= 11 is 0. The van der Waals surface area contributed by atoms with Crippen molar-refractivity contribution in [2.75, 3.05) is 11.4 Å². The number of benzene rings is 1. The Balaban J connectivity index is 3.39. The van der Waals surface area contributed by atoms with E-state index in [9.17, 15) is 18.9 Å². The standard InChI is InChI=1S/C12H13F2N3O2/c1-8(2)16(7-3-6-15)12-10(17(18)19)5-4-9(13)11(12)14/h4-5,8H,3,7H2,1-2H3. The van der Waals surface area contributed by atoms with Gasteiger partial charge in [0.05, 0.1) is 17.4 Å². The molecule has 0 aliphatic heterocycles. The van der Waals surface area contributed by atoms with Crippen molar-refractivity contribution in [3.05, 3.63) is 33.9 Å². The van der Waals surface area contributed by atoms with Crippen molar-refractivity contribution in [2.45, 2.75) is 26.3 Å². The van der Waals surface area contributed by atoms with Crippen molar-refractivity contribution in [3.8, 4) is 6.07 Å². The topological polar surface area (TPSA) is 70.2 Å². The minimum atomic E-state index is -1.26. The molecule has 0 atom stereocenters. The molecule has 0 amide bonds. The van der Waals surface area contributed by atoms with E-state index in [4.69, 9.17) is 5.26 Å². The van der Waals surface area contributed by atoms with Crippen molar-refractivity contribution < 1.29 is 13.7 Å². The third-order valence-electron chi connectivity index (χ3n) is 2.62. The number of anilines is 1. The number of nitrogens with zero attached hydrogens (tertiary/aromatic N) is 3. The first-order chi connectivity index (χ1) is 8.90. The van der Waals surface area contributed by atoms with Crippen LogP contribution in [0.3, 0.4) is 0 Å². The van der Waals surface area contributed by atoms with Gasteiger partial charge in [-0.25, -0.2) is 8.78 Å². The summed E-state index contributed by atoms with van der Waals surface area (Å²) in [4.78, 5) is 11.5. The highest BCUT2D eigenvalue weighted by Gasteiger charge is 2.27. The molecule has 0 saturated heterocycles. The summed E-state index contributed by atoms with van der Waals surface area (Å²) in [7, 11) is 0. The zero-order valence-corrected chi connectivity index (χ0v) is 10.6. The average Bonchev–Trinajstić information content (AvgIpc) is 2.33. The number of rotatable bonds is 5. The number of nitriles is 1. The summed E-state index contributed by atoms with van der Waals surface area (Å²) in [5, 5.41) is 19.5. The van der Waals surface area contributed by atoms with Gasteiger partial charge in [-0.3, -0.25) is 10.1 Å². The van der Waals surface area contributed by atoms with Crippen LogP contribution in [0.2, 0.25) is 0 Å². The molecule has 0 aromatic heterocycles. The molecule has 0 N–H and O–H groups in total. The first kappa shape index (κ1) is 14.8. The molecule has 0 radical (unpaired) electrons. The van der Waals surface area contributed by atoms with E-state index >= 15 is 0 Å². The first-order valence-electron chi connectivity index (χ1n) is 5.66. The minimum Gasteiger partial charge on any atom is -0.360 e. The molecule has 0 aliphatic rings. The largest absolute Gasteiger partial charge is 0.360 e. The van der Waals surface area contributed by atoms with E-state index in [0.29, 0.717) is 0 Å². The van der Waals surface area contributed by atoms with Crippen molar-refractivity contribution in [1.29, 1.82) is 5.26 Å². The molecule has 0 bridgehead atoms. The lowest BCUT2D eigenvalue weighted by molar-refractivity contribution is -0.384. The molecule has 1 rings (SSSR count). The third-order valence-corrected chi connectivity index (χ3v) is 2.62. The van der Waals surface area contributed by atoms with Crippen molar-refractivity contribution in [1.82, 2.24) is 0 Å². The Hall–Kier alpha value is -2.23. The van der Waals surface area contributed by atoms with Crippen LogP contribution in [0.25, 0.3) is 0 Å². The van der Waals surface area contributed by atoms with Gasteiger partial charge in [-0.2, -0.15) is 5.26 Å². The molecule has 1 aromatic rings. The Morgan fingerprint density at radius 2 is 2.11 bits per heavy atom. The quantitative estimate of drug-likeness (QED) is 0.608. The SMILES string of the molecule is CC(C)N(CCC#N)c1c([N+](=O)[O-])ccc(F)c1F. The molecular formula is C12H13F2N3O2. The second-order valence-corrected chi connectivity index (χ2v) is 4.18. The van der Waals surface area contributed by atoms with Gasteiger partial charge in [0.1, 0.15) is 0 Å². The summed E-state index contributed by atoms with van der Waals surface area (Å²) in [6.07, 6.45) is 0.0608. The van der Waals surface area contributed by atoms with Crippen LogP contribution in [0, 0.1) is 33.1 Å². The average molecular weight is 269 g/mol. The summed E-state index contributed by atoms with van der Waals surface area (Å²) < 4.78 is 27.1. The number of nitro benzene ring substituents is 1. The summed E-state index contributed by atoms with van der Waals surface area (Å²) in [5.74, 6) is -2.41. The molecule has 0 heterocycles. The smallest absolute Gasteiger partial charge is 0.295 e. The molecular weight excluding hydrogens is 256 g/mol. The summed E-state index contributed by atoms with van der Waals surface area (Å²) in [6, 6.07) is 3.22. The molecule has 7 heteroatoms. The zero-order chi connectivity index (χ0) is 14.6. The van der Waals surface area contributed by atoms with Crippen LogP contribution in [0.5, 0.6) is 0 Å². The predicted molar refractivity (Wildman–Crippen MR) is 65.7 cm³/mol. The highest BCUT2D eigenvalue weighted by molar-refractivity contribution is 5.64. The molecule has 19 heavy (non-hydrogen) atoms. The maximum Gasteiger partial charge on any atom is 0.295 e. The first-order valence-corrected chi connectivity index (χ1v) is 5.66. The molecule has 0 aliphatic carbocycles. The molecule has 0 fully saturated rings. The van der Waals surface area contributed by atoms with Gasteiger partial charge in [-0.1, -0.05) is 0 Å². The highest BCUT2D eigenvalue weighted by atomic mass is 19.2. The number of halogens is 2. The Kier molecular flexibility index (Phi) is 4.75. The Morgan fingerprint density at radius 1 is 1.47 bits per heavy atom. The highest BCUT2D eigenvalue weighted by Crippen LogP contribution is 2.33. The fourth-order valence-electron chi connectivity index (χ4n) is 1.75. The van der Waals surface area contributed by atoms with Crippen LogP contribution < -0.4 is 4.90 Å². The van der Waals surface area contributed by atoms with Crippen LogP contribution in [-0.2, 0) is 0 Å². The third kappa shape index (κ3) is 3.16. The predicted octanol–water partition coefficient (Wildman–Crippen LogP) is 3.00. The minimum absolute atomic E-state index is 0.0608. The van der Waals surface area contributed by atoms with E-state index in [1.165, 1.54) is 4.90 Å². The van der Waals surface area contributed by atoms with Crippen molar-refractivity contribution in [3.63, 3.8) is 0 Å². The van der Waals surface area contributed by atoms with E-state index in [1.54, 1.807) is 13.8 Å². The van der Waals surface area contributed by atoms with E-state index in [2.05, 4.69) is 0 Å². The second kappa shape index (κ2) is 6.09. The van der Waals surface area contributed by atoms with Crippen LogP contribution in [-0.4, -0.2) is 17.5 Å². The van der Waals surface area contributed by atoms with E-state index in [1.807, 2.05) is 6.07 Å². The molecule has 0 unspecified atom stereocenters. The van der Waals surface area contributed by atoms with Gasteiger partial charge in [0.25, 0.3) is 5.69 Å². The van der Waals surface area contributed by atoms with Gasteiger partial charge in [0, 0.05) is 18.7 Å². The molecule has 0 saturated carbocycles. The Labute approximate surface area is 109 Å². The number of nitro groups is 1. The van der Waals surface area contributed by atoms with E-state index in [0.717, 1.165) is 12.1 Å². The fourth-order valence-corrected chi connectivity index (χ4v) is 1.75. The lowest BCUT2D eigenvalue weighted by Gasteiger charge is -2.28. The van der Waals surface area contributed by atoms with Gasteiger partial charge in [0.2, 0.25) is 0 Å². The van der Waals surface area contributed by atoms with Gasteiger partial charge >= 0.3 is 0 Å². The number of hydrogen-bond donors (Lipinski definition) is 0. The van der Waals surface area contributed by atoms with Crippen LogP contribution >= 0.6 is 0 Å². The van der Waals surface area contributed by atoms with Crippen molar-refractivity contribution in [2.24, 2.45) is 0 Å². The lowest BCUT2D eigenvalue weighted by Crippen LogP contribution is -2.33. The van der Waals surface area contributed by atoms with Crippen LogP contribution in [0.4, 0.5) is 20.2 Å². The van der Waals surface area contributed by atoms with E-state index < -0.39 is 27.9 Å². The normalized spacial score (nSPS) is 10.3. The summed E-state index contributed by atoms with van der Waals surface area (Å²) in [5.41, 5.74) is -0.916. The Bertz CT molecular complexity index is 526. The summed E-state index contributed by atoms with van der Waals surface area (Å²) in [6.45, 7) is 3.46. The maximum atomic E-state index is 13.9. The van der Waals surface area contributed by atoms with Crippen LogP contribution in [0.1, 0.15) is 20.3 Å². The fraction of sp³-hybridized carbons (Fsp3) is 0.417. The van der Waals surface area contributed by atoms with Gasteiger partial charge in [0.15, 0.2) is 17.3 Å². The monoisotopic (exact) mass is 269 g/mol. The van der Waals surface area contributed by atoms with E-state index in [-0.39, 0.29) is 19.0 Å². The van der Waals surface area contributed by atoms with Crippen LogP contribution in [0.15, 0.2) is 12.1 Å². The Morgan fingerprint density at radius 3 is 2.58 bits per heavy atom.